The minimum absolute atomic E-state index is 0.0516. The third-order valence-electron chi connectivity index (χ3n) is 5.74. The van der Waals surface area contributed by atoms with Crippen LogP contribution in [0.25, 0.3) is 11.0 Å². The molecule has 0 unspecified atom stereocenters. The summed E-state index contributed by atoms with van der Waals surface area (Å²) < 4.78 is 16.7. The zero-order chi connectivity index (χ0) is 21.1. The quantitative estimate of drug-likeness (QED) is 0.671. The summed E-state index contributed by atoms with van der Waals surface area (Å²) >= 11 is 0. The Hall–Kier alpha value is -2.83. The number of hydrogen-bond acceptors (Lipinski definition) is 5. The summed E-state index contributed by atoms with van der Waals surface area (Å²) in [4.78, 5) is 15.3. The number of methoxy groups -OCH3 is 1. The minimum atomic E-state index is -0.187. The Bertz CT molecular complexity index is 1020. The van der Waals surface area contributed by atoms with Gasteiger partial charge in [0.05, 0.1) is 26.4 Å². The van der Waals surface area contributed by atoms with Crippen LogP contribution in [-0.4, -0.2) is 50.8 Å². The van der Waals surface area contributed by atoms with Crippen LogP contribution in [0.15, 0.2) is 46.9 Å². The number of amides is 1. The van der Waals surface area contributed by atoms with Gasteiger partial charge in [0.25, 0.3) is 5.91 Å². The first-order valence-corrected chi connectivity index (χ1v) is 10.3. The Balaban J connectivity index is 1.54. The molecule has 0 spiro atoms. The van der Waals surface area contributed by atoms with E-state index in [9.17, 15) is 4.79 Å². The lowest BCUT2D eigenvalue weighted by atomic mass is 10.0. The van der Waals surface area contributed by atoms with Gasteiger partial charge in [0.2, 0.25) is 0 Å². The highest BCUT2D eigenvalue weighted by Gasteiger charge is 2.25. The average molecular weight is 408 g/mol. The van der Waals surface area contributed by atoms with Gasteiger partial charge in [-0.15, -0.1) is 0 Å². The molecule has 0 aliphatic carbocycles. The predicted octanol–water partition coefficient (Wildman–Crippen LogP) is 3.86. The second-order valence-electron chi connectivity index (χ2n) is 7.70. The standard InChI is InChI=1S/C24H28N2O4/c1-16-4-9-22-20(14-16)17(2)23(30-22)24(27)25-15-21(26-10-12-29-13-11-26)18-5-7-19(28-3)8-6-18/h4-9,14,21H,10-13,15H2,1-3H3,(H,25,27)/t21-/m1/s1. The van der Waals surface area contributed by atoms with Gasteiger partial charge in [-0.2, -0.15) is 0 Å². The number of morpholine rings is 1. The van der Waals surface area contributed by atoms with E-state index in [0.29, 0.717) is 25.5 Å². The number of nitrogens with zero attached hydrogens (tertiary/aromatic N) is 1. The van der Waals surface area contributed by atoms with Gasteiger partial charge in [-0.1, -0.05) is 23.8 Å². The maximum Gasteiger partial charge on any atom is 0.287 e. The molecule has 1 aromatic heterocycles. The van der Waals surface area contributed by atoms with Crippen LogP contribution >= 0.6 is 0 Å². The van der Waals surface area contributed by atoms with Gasteiger partial charge in [0, 0.05) is 30.6 Å². The minimum Gasteiger partial charge on any atom is -0.497 e. The molecule has 2 aromatic carbocycles. The Kier molecular flexibility index (Phi) is 6.06. The number of ether oxygens (including phenoxy) is 2. The first kappa shape index (κ1) is 20.4. The number of fused-ring (bicyclic) bond motifs is 1. The summed E-state index contributed by atoms with van der Waals surface area (Å²) in [5, 5.41) is 4.08. The lowest BCUT2D eigenvalue weighted by molar-refractivity contribution is 0.0161. The molecule has 6 nitrogen and oxygen atoms in total. The maximum atomic E-state index is 13.0. The largest absolute Gasteiger partial charge is 0.497 e. The van der Waals surface area contributed by atoms with Gasteiger partial charge < -0.3 is 19.2 Å². The molecule has 4 rings (SSSR count). The number of nitrogens with one attached hydrogen (secondary N) is 1. The van der Waals surface area contributed by atoms with Crippen molar-refractivity contribution in [2.24, 2.45) is 0 Å². The summed E-state index contributed by atoms with van der Waals surface area (Å²) in [7, 11) is 1.66. The van der Waals surface area contributed by atoms with Crippen LogP contribution < -0.4 is 10.1 Å². The topological polar surface area (TPSA) is 63.9 Å². The van der Waals surface area contributed by atoms with Gasteiger partial charge in [-0.3, -0.25) is 9.69 Å². The average Bonchev–Trinajstić information content (AvgIpc) is 3.11. The maximum absolute atomic E-state index is 13.0. The molecule has 1 amide bonds. The molecular weight excluding hydrogens is 380 g/mol. The van der Waals surface area contributed by atoms with Gasteiger partial charge >= 0.3 is 0 Å². The zero-order valence-electron chi connectivity index (χ0n) is 17.7. The van der Waals surface area contributed by atoms with Crippen molar-refractivity contribution in [2.75, 3.05) is 40.0 Å². The molecule has 1 N–H and O–H groups in total. The zero-order valence-corrected chi connectivity index (χ0v) is 17.7. The number of aryl methyl sites for hydroxylation is 2. The van der Waals surface area contributed by atoms with Crippen LogP contribution in [0.2, 0.25) is 0 Å². The monoisotopic (exact) mass is 408 g/mol. The van der Waals surface area contributed by atoms with E-state index in [-0.39, 0.29) is 11.9 Å². The van der Waals surface area contributed by atoms with E-state index >= 15 is 0 Å². The van der Waals surface area contributed by atoms with Gasteiger partial charge in [-0.25, -0.2) is 0 Å². The van der Waals surface area contributed by atoms with Crippen LogP contribution in [-0.2, 0) is 4.74 Å². The van der Waals surface area contributed by atoms with Crippen molar-refractivity contribution in [3.05, 3.63) is 64.9 Å². The van der Waals surface area contributed by atoms with Crippen molar-refractivity contribution in [2.45, 2.75) is 19.9 Å². The summed E-state index contributed by atoms with van der Waals surface area (Å²) in [6.07, 6.45) is 0. The first-order chi connectivity index (χ1) is 14.6. The smallest absolute Gasteiger partial charge is 0.287 e. The van der Waals surface area contributed by atoms with E-state index in [4.69, 9.17) is 13.9 Å². The summed E-state index contributed by atoms with van der Waals surface area (Å²) in [6, 6.07) is 14.0. The second kappa shape index (κ2) is 8.90. The summed E-state index contributed by atoms with van der Waals surface area (Å²) in [5.74, 6) is 1.01. The first-order valence-electron chi connectivity index (χ1n) is 10.3. The van der Waals surface area contributed by atoms with Gasteiger partial charge in [-0.05, 0) is 43.7 Å². The number of hydrogen-bond donors (Lipinski definition) is 1. The van der Waals surface area contributed by atoms with Crippen molar-refractivity contribution in [1.82, 2.24) is 10.2 Å². The SMILES string of the molecule is COc1ccc([C@@H](CNC(=O)c2oc3ccc(C)cc3c2C)N2CCOCC2)cc1. The van der Waals surface area contributed by atoms with E-state index in [1.807, 2.05) is 38.1 Å². The van der Waals surface area contributed by atoms with Crippen molar-refractivity contribution in [3.8, 4) is 5.75 Å². The number of benzene rings is 2. The molecule has 0 radical (unpaired) electrons. The lowest BCUT2D eigenvalue weighted by Crippen LogP contribution is -2.43. The van der Waals surface area contributed by atoms with E-state index in [1.54, 1.807) is 7.11 Å². The molecule has 1 aliphatic rings. The van der Waals surface area contributed by atoms with Gasteiger partial charge in [0.1, 0.15) is 11.3 Å². The van der Waals surface area contributed by atoms with Gasteiger partial charge in [0.15, 0.2) is 5.76 Å². The highest BCUT2D eigenvalue weighted by atomic mass is 16.5. The van der Waals surface area contributed by atoms with E-state index < -0.39 is 0 Å². The van der Waals surface area contributed by atoms with E-state index in [2.05, 4.69) is 28.4 Å². The van der Waals surface area contributed by atoms with Crippen LogP contribution in [0.4, 0.5) is 0 Å². The van der Waals surface area contributed by atoms with Crippen LogP contribution in [0.5, 0.6) is 5.75 Å². The Morgan fingerprint density at radius 1 is 1.13 bits per heavy atom. The van der Waals surface area contributed by atoms with Crippen LogP contribution in [0.3, 0.4) is 0 Å². The number of carbonyl (C=O) groups is 1. The molecule has 1 aliphatic heterocycles. The van der Waals surface area contributed by atoms with E-state index in [1.165, 1.54) is 0 Å². The molecule has 1 saturated heterocycles. The molecule has 158 valence electrons. The molecule has 6 heteroatoms. The fourth-order valence-corrected chi connectivity index (χ4v) is 3.99. The number of carbonyl (C=O) groups excluding carboxylic acids is 1. The third-order valence-corrected chi connectivity index (χ3v) is 5.74. The molecule has 2 heterocycles. The number of rotatable bonds is 6. The van der Waals surface area contributed by atoms with Crippen LogP contribution in [0, 0.1) is 13.8 Å². The van der Waals surface area contributed by atoms with Crippen molar-refractivity contribution in [3.63, 3.8) is 0 Å². The predicted molar refractivity (Wildman–Crippen MR) is 116 cm³/mol. The fraction of sp³-hybridized carbons (Fsp3) is 0.375. The van der Waals surface area contributed by atoms with E-state index in [0.717, 1.165) is 46.5 Å². The molecule has 1 atom stereocenters. The highest BCUT2D eigenvalue weighted by Crippen LogP contribution is 2.27. The highest BCUT2D eigenvalue weighted by molar-refractivity contribution is 5.99. The summed E-state index contributed by atoms with van der Waals surface area (Å²) in [5.41, 5.74) is 3.89. The Morgan fingerprint density at radius 3 is 2.57 bits per heavy atom. The molecule has 3 aromatic rings. The lowest BCUT2D eigenvalue weighted by Gasteiger charge is -2.35. The van der Waals surface area contributed by atoms with Crippen molar-refractivity contribution < 1.29 is 18.7 Å². The number of furan rings is 1. The summed E-state index contributed by atoms with van der Waals surface area (Å²) in [6.45, 7) is 7.51. The van der Waals surface area contributed by atoms with Crippen molar-refractivity contribution in [1.29, 1.82) is 0 Å². The van der Waals surface area contributed by atoms with Crippen LogP contribution in [0.1, 0.15) is 33.3 Å². The molecule has 0 saturated carbocycles. The normalized spacial score (nSPS) is 15.8. The second-order valence-corrected chi connectivity index (χ2v) is 7.70. The molecule has 1 fully saturated rings. The molecular formula is C24H28N2O4. The third kappa shape index (κ3) is 4.20. The molecule has 0 bridgehead atoms. The van der Waals surface area contributed by atoms with Crippen molar-refractivity contribution >= 4 is 16.9 Å². The Labute approximate surface area is 176 Å². The Morgan fingerprint density at radius 2 is 1.87 bits per heavy atom. The fourth-order valence-electron chi connectivity index (χ4n) is 3.99. The molecule has 30 heavy (non-hydrogen) atoms.